The fourth-order valence-electron chi connectivity index (χ4n) is 3.89. The lowest BCUT2D eigenvalue weighted by atomic mass is 9.95. The van der Waals surface area contributed by atoms with E-state index < -0.39 is 17.7 Å². The van der Waals surface area contributed by atoms with Crippen molar-refractivity contribution in [3.63, 3.8) is 0 Å². The van der Waals surface area contributed by atoms with Gasteiger partial charge in [0.25, 0.3) is 11.7 Å². The lowest BCUT2D eigenvalue weighted by Gasteiger charge is -2.25. The molecular weight excluding hydrogens is 406 g/mol. The summed E-state index contributed by atoms with van der Waals surface area (Å²) in [5.41, 5.74) is 1.32. The Morgan fingerprint density at radius 2 is 1.62 bits per heavy atom. The molecule has 3 rings (SSSR count). The molecule has 1 N–H and O–H groups in total. The average molecular weight is 438 g/mol. The summed E-state index contributed by atoms with van der Waals surface area (Å²) in [6.07, 6.45) is 2.78. The van der Waals surface area contributed by atoms with Crippen molar-refractivity contribution in [2.75, 3.05) is 13.7 Å². The summed E-state index contributed by atoms with van der Waals surface area (Å²) in [7, 11) is 1.56. The predicted molar refractivity (Wildman–Crippen MR) is 124 cm³/mol. The summed E-state index contributed by atoms with van der Waals surface area (Å²) in [6, 6.07) is 13.5. The van der Waals surface area contributed by atoms with E-state index in [1.807, 2.05) is 38.1 Å². The van der Waals surface area contributed by atoms with Crippen LogP contribution in [0.5, 0.6) is 11.5 Å². The molecule has 0 bridgehead atoms. The van der Waals surface area contributed by atoms with Crippen LogP contribution in [0.3, 0.4) is 0 Å². The third-order valence-corrected chi connectivity index (χ3v) is 5.47. The Morgan fingerprint density at radius 3 is 2.19 bits per heavy atom. The Kier molecular flexibility index (Phi) is 7.57. The van der Waals surface area contributed by atoms with Crippen molar-refractivity contribution in [2.45, 2.75) is 52.2 Å². The normalized spacial score (nSPS) is 17.8. The molecule has 1 saturated heterocycles. The van der Waals surface area contributed by atoms with E-state index in [9.17, 15) is 14.7 Å². The molecule has 0 spiro atoms. The Hall–Kier alpha value is -3.28. The molecule has 2 aromatic carbocycles. The third kappa shape index (κ3) is 4.96. The number of likely N-dealkylation sites (tertiary alicyclic amines) is 1. The first-order valence-corrected chi connectivity index (χ1v) is 11.1. The van der Waals surface area contributed by atoms with Gasteiger partial charge in [-0.3, -0.25) is 9.59 Å². The Bertz CT molecular complexity index is 976. The van der Waals surface area contributed by atoms with E-state index in [1.54, 1.807) is 36.3 Å². The number of unbranched alkanes of at least 4 members (excludes halogenated alkanes) is 2. The fraction of sp³-hybridized carbons (Fsp3) is 0.385. The van der Waals surface area contributed by atoms with Gasteiger partial charge in [-0.15, -0.1) is 0 Å². The largest absolute Gasteiger partial charge is 0.507 e. The average Bonchev–Trinajstić information content (AvgIpc) is 3.04. The minimum absolute atomic E-state index is 0.0376. The van der Waals surface area contributed by atoms with Crippen LogP contribution in [0.15, 0.2) is 54.1 Å². The molecule has 1 atom stereocenters. The summed E-state index contributed by atoms with van der Waals surface area (Å²) < 4.78 is 10.9. The van der Waals surface area contributed by atoms with E-state index in [2.05, 4.69) is 6.92 Å². The number of ether oxygens (including phenoxy) is 2. The van der Waals surface area contributed by atoms with Crippen LogP contribution in [0.2, 0.25) is 0 Å². The second-order valence-electron chi connectivity index (χ2n) is 8.16. The monoisotopic (exact) mass is 437 g/mol. The van der Waals surface area contributed by atoms with Crippen LogP contribution in [0.25, 0.3) is 5.76 Å². The summed E-state index contributed by atoms with van der Waals surface area (Å²) in [6.45, 7) is 6.44. The Balaban J connectivity index is 2.05. The van der Waals surface area contributed by atoms with E-state index in [0.717, 1.165) is 24.8 Å². The molecule has 1 amide bonds. The number of aliphatic hydroxyl groups is 1. The van der Waals surface area contributed by atoms with E-state index in [0.29, 0.717) is 23.6 Å². The number of rotatable bonds is 9. The highest BCUT2D eigenvalue weighted by atomic mass is 16.5. The first-order chi connectivity index (χ1) is 15.4. The fourth-order valence-corrected chi connectivity index (χ4v) is 3.89. The number of carbonyl (C=O) groups excluding carboxylic acids is 2. The maximum atomic E-state index is 13.0. The van der Waals surface area contributed by atoms with Crippen LogP contribution in [-0.4, -0.2) is 41.5 Å². The van der Waals surface area contributed by atoms with Gasteiger partial charge < -0.3 is 19.5 Å². The van der Waals surface area contributed by atoms with Gasteiger partial charge in [-0.2, -0.15) is 0 Å². The second kappa shape index (κ2) is 10.4. The van der Waals surface area contributed by atoms with Crippen molar-refractivity contribution < 1.29 is 24.2 Å². The van der Waals surface area contributed by atoms with E-state index in [1.165, 1.54) is 0 Å². The predicted octanol–water partition coefficient (Wildman–Crippen LogP) is 5.09. The van der Waals surface area contributed by atoms with Crippen LogP contribution in [0.1, 0.15) is 57.2 Å². The molecule has 1 heterocycles. The summed E-state index contributed by atoms with van der Waals surface area (Å²) in [5.74, 6) is -0.0804. The number of nitrogens with zero attached hydrogens (tertiary/aromatic N) is 1. The number of carbonyl (C=O) groups is 2. The van der Waals surface area contributed by atoms with Crippen molar-refractivity contribution in [1.82, 2.24) is 4.90 Å². The van der Waals surface area contributed by atoms with Crippen molar-refractivity contribution in [1.29, 1.82) is 0 Å². The van der Waals surface area contributed by atoms with E-state index >= 15 is 0 Å². The van der Waals surface area contributed by atoms with Gasteiger partial charge in [0.2, 0.25) is 0 Å². The number of hydrogen-bond acceptors (Lipinski definition) is 5. The van der Waals surface area contributed by atoms with Gasteiger partial charge in [0, 0.05) is 12.1 Å². The summed E-state index contributed by atoms with van der Waals surface area (Å²) >= 11 is 0. The number of Topliss-reactive ketones (excluding diaryl/α,β-unsaturated/α-hetero) is 1. The lowest BCUT2D eigenvalue weighted by molar-refractivity contribution is -0.139. The minimum Gasteiger partial charge on any atom is -0.507 e. The highest BCUT2D eigenvalue weighted by Crippen LogP contribution is 2.40. The molecule has 1 fully saturated rings. The van der Waals surface area contributed by atoms with Crippen molar-refractivity contribution in [3.8, 4) is 11.5 Å². The van der Waals surface area contributed by atoms with Crippen molar-refractivity contribution >= 4 is 17.4 Å². The summed E-state index contributed by atoms with van der Waals surface area (Å²) in [4.78, 5) is 27.5. The molecular formula is C26H31NO5. The first-order valence-electron chi connectivity index (χ1n) is 11.1. The minimum atomic E-state index is -0.665. The third-order valence-electron chi connectivity index (χ3n) is 5.47. The number of benzene rings is 2. The molecule has 6 nitrogen and oxygen atoms in total. The van der Waals surface area contributed by atoms with Crippen molar-refractivity contribution in [3.05, 3.63) is 65.2 Å². The zero-order valence-corrected chi connectivity index (χ0v) is 19.1. The van der Waals surface area contributed by atoms with Crippen molar-refractivity contribution in [2.24, 2.45) is 0 Å². The molecule has 6 heteroatoms. The number of amides is 1. The SMILES string of the molecule is CCCCCN1C(=O)C(=O)/C(=C(\O)c2ccc(OC)cc2)C1c1ccc(OC(C)C)cc1. The maximum absolute atomic E-state index is 13.0. The van der Waals surface area contributed by atoms with Crippen LogP contribution in [0, 0.1) is 0 Å². The number of methoxy groups -OCH3 is 1. The quantitative estimate of drug-likeness (QED) is 0.256. The first kappa shape index (κ1) is 23.4. The number of aliphatic hydroxyl groups excluding tert-OH is 1. The molecule has 1 unspecified atom stereocenters. The molecule has 0 aromatic heterocycles. The summed E-state index contributed by atoms with van der Waals surface area (Å²) in [5, 5.41) is 11.1. The Morgan fingerprint density at radius 1 is 1.00 bits per heavy atom. The number of hydrogen-bond donors (Lipinski definition) is 1. The zero-order valence-electron chi connectivity index (χ0n) is 19.1. The van der Waals surface area contributed by atoms with Gasteiger partial charge >= 0.3 is 0 Å². The van der Waals surface area contributed by atoms with Gasteiger partial charge in [-0.05, 0) is 62.2 Å². The highest BCUT2D eigenvalue weighted by molar-refractivity contribution is 6.46. The maximum Gasteiger partial charge on any atom is 0.295 e. The number of ketones is 1. The van der Waals surface area contributed by atoms with Gasteiger partial charge in [0.1, 0.15) is 17.3 Å². The topological polar surface area (TPSA) is 76.1 Å². The van der Waals surface area contributed by atoms with Gasteiger partial charge in [0.15, 0.2) is 0 Å². The highest BCUT2D eigenvalue weighted by Gasteiger charge is 2.45. The molecule has 2 aromatic rings. The smallest absolute Gasteiger partial charge is 0.295 e. The molecule has 170 valence electrons. The van der Waals surface area contributed by atoms with Crippen LogP contribution >= 0.6 is 0 Å². The molecule has 1 aliphatic heterocycles. The van der Waals surface area contributed by atoms with Gasteiger partial charge in [-0.1, -0.05) is 31.9 Å². The van der Waals surface area contributed by atoms with Crippen LogP contribution in [-0.2, 0) is 9.59 Å². The van der Waals surface area contributed by atoms with E-state index in [4.69, 9.17) is 9.47 Å². The van der Waals surface area contributed by atoms with Gasteiger partial charge in [0.05, 0.1) is 24.8 Å². The Labute approximate surface area is 189 Å². The molecule has 1 aliphatic rings. The molecule has 32 heavy (non-hydrogen) atoms. The second-order valence-corrected chi connectivity index (χ2v) is 8.16. The van der Waals surface area contributed by atoms with Crippen LogP contribution in [0.4, 0.5) is 0 Å². The van der Waals surface area contributed by atoms with Crippen LogP contribution < -0.4 is 9.47 Å². The van der Waals surface area contributed by atoms with Gasteiger partial charge in [-0.25, -0.2) is 0 Å². The molecule has 0 saturated carbocycles. The molecule has 0 radical (unpaired) electrons. The zero-order chi connectivity index (χ0) is 23.3. The standard InChI is InChI=1S/C26H31NO5/c1-5-6-7-16-27-23(18-8-14-21(15-9-18)32-17(2)3)22(25(29)26(27)30)24(28)19-10-12-20(31-4)13-11-19/h8-15,17,23,28H,5-7,16H2,1-4H3/b24-22-. The lowest BCUT2D eigenvalue weighted by Crippen LogP contribution is -2.30. The van der Waals surface area contributed by atoms with E-state index in [-0.39, 0.29) is 17.4 Å². The molecule has 0 aliphatic carbocycles.